The summed E-state index contributed by atoms with van der Waals surface area (Å²) in [5, 5.41) is 5.28. The summed E-state index contributed by atoms with van der Waals surface area (Å²) in [6.07, 6.45) is 5.84. The monoisotopic (exact) mass is 371 g/mol. The summed E-state index contributed by atoms with van der Waals surface area (Å²) in [5.74, 6) is -0.671. The number of hydrogen-bond acceptors (Lipinski definition) is 2. The van der Waals surface area contributed by atoms with Crippen molar-refractivity contribution < 1.29 is 14.0 Å². The lowest BCUT2D eigenvalue weighted by Gasteiger charge is -2.30. The normalized spacial score (nSPS) is 14.4. The molecule has 2 rings (SSSR count). The van der Waals surface area contributed by atoms with E-state index in [-0.39, 0.29) is 18.1 Å². The molecule has 0 aliphatic carbocycles. The highest BCUT2D eigenvalue weighted by atomic mass is 19.1. The average molecular weight is 371 g/mol. The molecular weight excluding hydrogens is 345 g/mol. The SMILES string of the molecule is C=C/C=C(\C=C)CN1C(=O)CCc2cc(NC(=O)NC(C)(C)C)c(F)cc21. The number of rotatable bonds is 5. The van der Waals surface area contributed by atoms with Crippen molar-refractivity contribution in [3.05, 3.63) is 60.5 Å². The Hall–Kier alpha value is -2.89. The van der Waals surface area contributed by atoms with Gasteiger partial charge in [-0.1, -0.05) is 31.4 Å². The molecule has 1 aromatic carbocycles. The number of anilines is 2. The van der Waals surface area contributed by atoms with Crippen LogP contribution in [0.4, 0.5) is 20.6 Å². The minimum absolute atomic E-state index is 0.0788. The molecule has 2 N–H and O–H groups in total. The molecule has 0 spiro atoms. The quantitative estimate of drug-likeness (QED) is 0.757. The second-order valence-electron chi connectivity index (χ2n) is 7.45. The first-order valence-corrected chi connectivity index (χ1v) is 8.80. The molecule has 1 heterocycles. The highest BCUT2D eigenvalue weighted by molar-refractivity contribution is 5.98. The standard InChI is InChI=1S/C21H26FN3O2/c1-6-8-14(7-2)13-25-18-12-16(22)17(11-15(18)9-10-19(25)26)23-20(27)24-21(3,4)5/h6-8,11-12H,1-2,9-10,13H2,3-5H3,(H2,23,24,27)/b14-8+. The summed E-state index contributed by atoms with van der Waals surface area (Å²) < 4.78 is 14.6. The van der Waals surface area contributed by atoms with Crippen molar-refractivity contribution in [1.29, 1.82) is 0 Å². The smallest absolute Gasteiger partial charge is 0.319 e. The zero-order valence-electron chi connectivity index (χ0n) is 16.1. The van der Waals surface area contributed by atoms with Crippen LogP contribution in [-0.4, -0.2) is 24.0 Å². The molecule has 1 aliphatic heterocycles. The summed E-state index contributed by atoms with van der Waals surface area (Å²) in [4.78, 5) is 26.0. The summed E-state index contributed by atoms with van der Waals surface area (Å²) in [5.41, 5.74) is 1.79. The number of allylic oxidation sites excluding steroid dienone is 2. The van der Waals surface area contributed by atoms with Crippen molar-refractivity contribution in [1.82, 2.24) is 5.32 Å². The van der Waals surface area contributed by atoms with Gasteiger partial charge in [0.25, 0.3) is 0 Å². The first-order valence-electron chi connectivity index (χ1n) is 8.80. The molecule has 0 bridgehead atoms. The Morgan fingerprint density at radius 2 is 2.00 bits per heavy atom. The molecule has 0 saturated carbocycles. The van der Waals surface area contributed by atoms with Crippen LogP contribution in [0.2, 0.25) is 0 Å². The van der Waals surface area contributed by atoms with Gasteiger partial charge in [-0.05, 0) is 44.4 Å². The van der Waals surface area contributed by atoms with E-state index >= 15 is 0 Å². The summed E-state index contributed by atoms with van der Waals surface area (Å²) >= 11 is 0. The van der Waals surface area contributed by atoms with E-state index in [1.807, 2.05) is 20.8 Å². The van der Waals surface area contributed by atoms with Gasteiger partial charge in [0, 0.05) is 18.0 Å². The van der Waals surface area contributed by atoms with Gasteiger partial charge in [-0.3, -0.25) is 4.79 Å². The van der Waals surface area contributed by atoms with Gasteiger partial charge in [0.15, 0.2) is 0 Å². The van der Waals surface area contributed by atoms with Crippen molar-refractivity contribution in [3.8, 4) is 0 Å². The van der Waals surface area contributed by atoms with Gasteiger partial charge in [0.2, 0.25) is 5.91 Å². The summed E-state index contributed by atoms with van der Waals surface area (Å²) in [6, 6.07) is 2.41. The van der Waals surface area contributed by atoms with E-state index in [1.165, 1.54) is 11.0 Å². The van der Waals surface area contributed by atoms with Crippen molar-refractivity contribution in [3.63, 3.8) is 0 Å². The van der Waals surface area contributed by atoms with E-state index in [2.05, 4.69) is 23.8 Å². The number of carbonyl (C=O) groups is 2. The first-order chi connectivity index (χ1) is 12.6. The third-order valence-electron chi connectivity index (χ3n) is 4.04. The van der Waals surface area contributed by atoms with Crippen LogP contribution in [0, 0.1) is 5.82 Å². The number of benzene rings is 1. The third kappa shape index (κ3) is 5.29. The van der Waals surface area contributed by atoms with Gasteiger partial charge >= 0.3 is 6.03 Å². The Morgan fingerprint density at radius 1 is 1.30 bits per heavy atom. The molecule has 5 nitrogen and oxygen atoms in total. The van der Waals surface area contributed by atoms with Gasteiger partial charge < -0.3 is 15.5 Å². The topological polar surface area (TPSA) is 61.4 Å². The molecule has 0 radical (unpaired) electrons. The van der Waals surface area contributed by atoms with E-state index in [1.54, 1.807) is 24.3 Å². The van der Waals surface area contributed by atoms with Gasteiger partial charge in [0.1, 0.15) is 5.82 Å². The van der Waals surface area contributed by atoms with E-state index in [0.717, 1.165) is 11.1 Å². The predicted octanol–water partition coefficient (Wildman–Crippen LogP) is 4.32. The zero-order chi connectivity index (χ0) is 20.2. The maximum absolute atomic E-state index is 14.6. The number of urea groups is 1. The number of nitrogens with one attached hydrogen (secondary N) is 2. The molecule has 6 heteroatoms. The summed E-state index contributed by atoms with van der Waals surface area (Å²) in [6.45, 7) is 13.2. The Labute approximate surface area is 159 Å². The van der Waals surface area contributed by atoms with Crippen molar-refractivity contribution >= 4 is 23.3 Å². The summed E-state index contributed by atoms with van der Waals surface area (Å²) in [7, 11) is 0. The second-order valence-corrected chi connectivity index (χ2v) is 7.45. The van der Waals surface area contributed by atoms with Gasteiger partial charge in [-0.25, -0.2) is 9.18 Å². The third-order valence-corrected chi connectivity index (χ3v) is 4.04. The highest BCUT2D eigenvalue weighted by Gasteiger charge is 2.26. The van der Waals surface area contributed by atoms with Crippen LogP contribution in [0.15, 0.2) is 49.1 Å². The zero-order valence-corrected chi connectivity index (χ0v) is 16.1. The number of hydrogen-bond donors (Lipinski definition) is 2. The van der Waals surface area contributed by atoms with E-state index in [4.69, 9.17) is 0 Å². The van der Waals surface area contributed by atoms with E-state index in [0.29, 0.717) is 18.5 Å². The highest BCUT2D eigenvalue weighted by Crippen LogP contribution is 2.33. The molecule has 144 valence electrons. The molecule has 0 saturated heterocycles. The fourth-order valence-corrected chi connectivity index (χ4v) is 2.85. The van der Waals surface area contributed by atoms with Gasteiger partial charge in [-0.15, -0.1) is 0 Å². The van der Waals surface area contributed by atoms with Crippen LogP contribution in [0.3, 0.4) is 0 Å². The maximum Gasteiger partial charge on any atom is 0.319 e. The number of carbonyl (C=O) groups excluding carboxylic acids is 2. The lowest BCUT2D eigenvalue weighted by Crippen LogP contribution is -2.43. The molecule has 1 aromatic rings. The molecule has 0 aromatic heterocycles. The lowest BCUT2D eigenvalue weighted by molar-refractivity contribution is -0.118. The van der Waals surface area contributed by atoms with Gasteiger partial charge in [0.05, 0.1) is 17.9 Å². The van der Waals surface area contributed by atoms with E-state index < -0.39 is 17.4 Å². The van der Waals surface area contributed by atoms with E-state index in [9.17, 15) is 14.0 Å². The van der Waals surface area contributed by atoms with Crippen LogP contribution in [0.5, 0.6) is 0 Å². The molecule has 0 atom stereocenters. The van der Waals surface area contributed by atoms with Crippen LogP contribution >= 0.6 is 0 Å². The Morgan fingerprint density at radius 3 is 2.59 bits per heavy atom. The minimum atomic E-state index is -0.592. The Balaban J connectivity index is 2.31. The predicted molar refractivity (Wildman–Crippen MR) is 107 cm³/mol. The van der Waals surface area contributed by atoms with Crippen molar-refractivity contribution in [2.45, 2.75) is 39.2 Å². The average Bonchev–Trinajstić information content (AvgIpc) is 2.56. The molecule has 3 amide bonds. The van der Waals surface area contributed by atoms with Crippen LogP contribution in [-0.2, 0) is 11.2 Å². The van der Waals surface area contributed by atoms with Crippen molar-refractivity contribution in [2.75, 3.05) is 16.8 Å². The Kier molecular flexibility index (Phi) is 6.20. The van der Waals surface area contributed by atoms with Crippen LogP contribution < -0.4 is 15.5 Å². The lowest BCUT2D eigenvalue weighted by atomic mass is 9.99. The number of aryl methyl sites for hydroxylation is 1. The largest absolute Gasteiger partial charge is 0.333 e. The minimum Gasteiger partial charge on any atom is -0.333 e. The Bertz CT molecular complexity index is 806. The first kappa shape index (κ1) is 20.4. The molecular formula is C21H26FN3O2. The fourth-order valence-electron chi connectivity index (χ4n) is 2.85. The second kappa shape index (κ2) is 8.20. The molecule has 0 unspecified atom stereocenters. The number of nitrogens with zero attached hydrogens (tertiary/aromatic N) is 1. The fraction of sp³-hybridized carbons (Fsp3) is 0.333. The number of halogens is 1. The van der Waals surface area contributed by atoms with Crippen LogP contribution in [0.1, 0.15) is 32.8 Å². The number of amides is 3. The van der Waals surface area contributed by atoms with Gasteiger partial charge in [-0.2, -0.15) is 0 Å². The molecule has 27 heavy (non-hydrogen) atoms. The molecule has 0 fully saturated rings. The molecule has 1 aliphatic rings. The van der Waals surface area contributed by atoms with Crippen molar-refractivity contribution in [2.24, 2.45) is 0 Å². The number of fused-ring (bicyclic) bond motifs is 1. The maximum atomic E-state index is 14.6. The van der Waals surface area contributed by atoms with Crippen LogP contribution in [0.25, 0.3) is 0 Å².